The Kier molecular flexibility index (Phi) is 5.02. The molecule has 0 unspecified atom stereocenters. The number of hydrogen-bond acceptors (Lipinski definition) is 4. The Morgan fingerprint density at radius 2 is 1.52 bits per heavy atom. The Balaban J connectivity index is 1.40. The monoisotopic (exact) mass is 389 g/mol. The van der Waals surface area contributed by atoms with E-state index in [1.807, 2.05) is 42.5 Å². The molecule has 1 saturated heterocycles. The number of benzene rings is 2. The van der Waals surface area contributed by atoms with Gasteiger partial charge in [0, 0.05) is 6.04 Å². The van der Waals surface area contributed by atoms with Crippen molar-refractivity contribution >= 4 is 16.9 Å². The number of rotatable bonds is 5. The summed E-state index contributed by atoms with van der Waals surface area (Å²) in [7, 11) is 0. The summed E-state index contributed by atoms with van der Waals surface area (Å²) in [6, 6.07) is 18.4. The van der Waals surface area contributed by atoms with E-state index in [-0.39, 0.29) is 11.9 Å². The van der Waals surface area contributed by atoms with Gasteiger partial charge in [-0.25, -0.2) is 0 Å². The maximum Gasteiger partial charge on any atom is 0.241 e. The van der Waals surface area contributed by atoms with Crippen LogP contribution in [-0.4, -0.2) is 49.5 Å². The summed E-state index contributed by atoms with van der Waals surface area (Å²) < 4.78 is 0. The van der Waals surface area contributed by atoms with Gasteiger partial charge >= 0.3 is 0 Å². The van der Waals surface area contributed by atoms with E-state index in [0.717, 1.165) is 30.3 Å². The maximum atomic E-state index is 13.4. The van der Waals surface area contributed by atoms with Crippen molar-refractivity contribution < 1.29 is 4.79 Å². The molecule has 1 aliphatic carbocycles. The van der Waals surface area contributed by atoms with E-state index in [1.165, 1.54) is 24.8 Å². The van der Waals surface area contributed by atoms with Gasteiger partial charge in [0.05, 0.1) is 12.7 Å². The molecule has 5 rings (SSSR count). The first-order valence-electron chi connectivity index (χ1n) is 10.7. The van der Waals surface area contributed by atoms with Gasteiger partial charge in [0.2, 0.25) is 5.91 Å². The molecule has 2 heterocycles. The minimum atomic E-state index is -0.159. The molecule has 6 nitrogen and oxygen atoms in total. The van der Waals surface area contributed by atoms with Gasteiger partial charge in [-0.15, -0.1) is 0 Å². The second-order valence-electron chi connectivity index (χ2n) is 8.24. The molecule has 2 aromatic carbocycles. The Morgan fingerprint density at radius 3 is 2.21 bits per heavy atom. The lowest BCUT2D eigenvalue weighted by molar-refractivity contribution is -0.131. The summed E-state index contributed by atoms with van der Waals surface area (Å²) in [5.74, 6) is 0.262. The third-order valence-corrected chi connectivity index (χ3v) is 6.27. The number of carbonyl (C=O) groups excluding carboxylic acids is 1. The third-order valence-electron chi connectivity index (χ3n) is 6.27. The molecule has 2 fully saturated rings. The van der Waals surface area contributed by atoms with Crippen LogP contribution >= 0.6 is 0 Å². The van der Waals surface area contributed by atoms with E-state index in [4.69, 9.17) is 0 Å². The second-order valence-corrected chi connectivity index (χ2v) is 8.24. The van der Waals surface area contributed by atoms with E-state index in [2.05, 4.69) is 32.1 Å². The summed E-state index contributed by atoms with van der Waals surface area (Å²) in [5.41, 5.74) is 2.98. The number of hydrogen-bond donors (Lipinski definition) is 0. The van der Waals surface area contributed by atoms with Crippen molar-refractivity contribution in [1.29, 1.82) is 0 Å². The topological polar surface area (TPSA) is 54.3 Å². The van der Waals surface area contributed by atoms with Gasteiger partial charge in [-0.2, -0.15) is 15.0 Å². The van der Waals surface area contributed by atoms with E-state index in [0.29, 0.717) is 19.4 Å². The highest BCUT2D eigenvalue weighted by molar-refractivity contribution is 5.84. The van der Waals surface area contributed by atoms with E-state index in [1.54, 1.807) is 4.80 Å². The fraction of sp³-hybridized carbons (Fsp3) is 0.435. The van der Waals surface area contributed by atoms with Crippen LogP contribution in [0.2, 0.25) is 0 Å². The van der Waals surface area contributed by atoms with Crippen LogP contribution < -0.4 is 0 Å². The lowest BCUT2D eigenvalue weighted by atomic mass is 9.94. The van der Waals surface area contributed by atoms with Crippen LogP contribution in [0.5, 0.6) is 0 Å². The number of aromatic nitrogens is 3. The molecule has 6 heteroatoms. The van der Waals surface area contributed by atoms with Crippen LogP contribution in [0.1, 0.15) is 37.7 Å². The maximum absolute atomic E-state index is 13.4. The molecule has 1 atom stereocenters. The molecule has 1 aliphatic heterocycles. The first kappa shape index (κ1) is 18.3. The number of fused-ring (bicyclic) bond motifs is 1. The van der Waals surface area contributed by atoms with Gasteiger partial charge in [0.15, 0.2) is 0 Å². The van der Waals surface area contributed by atoms with Crippen LogP contribution in [0.3, 0.4) is 0 Å². The molecule has 0 bridgehead atoms. The fourth-order valence-electron chi connectivity index (χ4n) is 4.73. The predicted molar refractivity (Wildman–Crippen MR) is 112 cm³/mol. The Labute approximate surface area is 171 Å². The highest BCUT2D eigenvalue weighted by atomic mass is 16.2. The summed E-state index contributed by atoms with van der Waals surface area (Å²) in [4.78, 5) is 19.5. The van der Waals surface area contributed by atoms with Crippen molar-refractivity contribution in [2.24, 2.45) is 0 Å². The van der Waals surface area contributed by atoms with Gasteiger partial charge in [0.25, 0.3) is 0 Å². The smallest absolute Gasteiger partial charge is 0.241 e. The van der Waals surface area contributed by atoms with Crippen LogP contribution in [0, 0.1) is 0 Å². The standard InChI is InChI=1S/C23H27N5O/c29-23-22(15-18-9-3-1-4-10-18)26(16-27(23)19-11-5-2-6-12-19)17-28-24-20-13-7-8-14-21(20)25-28/h1,3-4,7-10,13-14,19,22H,2,5-6,11-12,15-17H2/t22-/m0/s1. The number of carbonyl (C=O) groups is 1. The van der Waals surface area contributed by atoms with E-state index < -0.39 is 0 Å². The molecule has 0 N–H and O–H groups in total. The van der Waals surface area contributed by atoms with Crippen molar-refractivity contribution in [2.45, 2.75) is 57.3 Å². The molecule has 2 aliphatic rings. The molecule has 0 spiro atoms. The zero-order chi connectivity index (χ0) is 19.6. The summed E-state index contributed by atoms with van der Waals surface area (Å²) in [6.07, 6.45) is 6.72. The molecular weight excluding hydrogens is 362 g/mol. The van der Waals surface area contributed by atoms with Crippen molar-refractivity contribution in [2.75, 3.05) is 6.67 Å². The molecule has 150 valence electrons. The summed E-state index contributed by atoms with van der Waals surface area (Å²) in [6.45, 7) is 1.19. The van der Waals surface area contributed by atoms with Crippen LogP contribution in [-0.2, 0) is 17.9 Å². The molecule has 3 aromatic rings. The lowest BCUT2D eigenvalue weighted by Crippen LogP contribution is -2.40. The Bertz CT molecular complexity index is 946. The summed E-state index contributed by atoms with van der Waals surface area (Å²) in [5, 5.41) is 9.23. The van der Waals surface area contributed by atoms with E-state index in [9.17, 15) is 4.79 Å². The average molecular weight is 390 g/mol. The zero-order valence-electron chi connectivity index (χ0n) is 16.7. The molecule has 0 radical (unpaired) electrons. The van der Waals surface area contributed by atoms with Crippen LogP contribution in [0.15, 0.2) is 54.6 Å². The van der Waals surface area contributed by atoms with Crippen molar-refractivity contribution in [3.8, 4) is 0 Å². The predicted octanol–water partition coefficient (Wildman–Crippen LogP) is 3.43. The first-order valence-corrected chi connectivity index (χ1v) is 10.7. The van der Waals surface area contributed by atoms with Gasteiger partial charge in [-0.1, -0.05) is 61.7 Å². The largest absolute Gasteiger partial charge is 0.325 e. The molecule has 1 aromatic heterocycles. The molecular formula is C23H27N5O. The van der Waals surface area contributed by atoms with Crippen LogP contribution in [0.4, 0.5) is 0 Å². The van der Waals surface area contributed by atoms with Crippen molar-refractivity contribution in [3.05, 3.63) is 60.2 Å². The van der Waals surface area contributed by atoms with Gasteiger partial charge in [0.1, 0.15) is 17.7 Å². The zero-order valence-corrected chi connectivity index (χ0v) is 16.7. The quantitative estimate of drug-likeness (QED) is 0.671. The highest BCUT2D eigenvalue weighted by Gasteiger charge is 2.41. The number of nitrogens with zero attached hydrogens (tertiary/aromatic N) is 5. The number of amides is 1. The average Bonchev–Trinajstić information content (AvgIpc) is 3.31. The second kappa shape index (κ2) is 7.95. The normalized spacial score (nSPS) is 21.3. The molecule has 29 heavy (non-hydrogen) atoms. The van der Waals surface area contributed by atoms with Crippen molar-refractivity contribution in [1.82, 2.24) is 24.8 Å². The molecule has 1 saturated carbocycles. The fourth-order valence-corrected chi connectivity index (χ4v) is 4.73. The minimum Gasteiger partial charge on any atom is -0.325 e. The SMILES string of the molecule is O=C1[C@H](Cc2ccccc2)N(Cn2nc3ccccc3n2)CN1C1CCCCC1. The van der Waals surface area contributed by atoms with Crippen molar-refractivity contribution in [3.63, 3.8) is 0 Å². The van der Waals surface area contributed by atoms with Gasteiger partial charge < -0.3 is 4.90 Å². The third kappa shape index (κ3) is 3.77. The Hall–Kier alpha value is -2.73. The van der Waals surface area contributed by atoms with Gasteiger partial charge in [-0.3, -0.25) is 9.69 Å². The highest BCUT2D eigenvalue weighted by Crippen LogP contribution is 2.29. The Morgan fingerprint density at radius 1 is 0.862 bits per heavy atom. The van der Waals surface area contributed by atoms with Gasteiger partial charge in [-0.05, 0) is 37.0 Å². The van der Waals surface area contributed by atoms with Crippen LogP contribution in [0.25, 0.3) is 11.0 Å². The first-order chi connectivity index (χ1) is 14.3. The van der Waals surface area contributed by atoms with E-state index >= 15 is 0 Å². The summed E-state index contributed by atoms with van der Waals surface area (Å²) >= 11 is 0. The molecule has 1 amide bonds. The minimum absolute atomic E-state index is 0.159. The lowest BCUT2D eigenvalue weighted by Gasteiger charge is -2.31.